The maximum absolute atomic E-state index is 10.9. The third kappa shape index (κ3) is 1.10. The van der Waals surface area contributed by atoms with E-state index in [0.29, 0.717) is 17.1 Å². The molecule has 0 spiro atoms. The minimum absolute atomic E-state index is 0.179. The number of aromatic carboxylic acids is 1. The van der Waals surface area contributed by atoms with Crippen molar-refractivity contribution >= 4 is 22.3 Å². The smallest absolute Gasteiger partial charge is 0.356 e. The molecule has 0 atom stereocenters. The standard InChI is InChI=1S/C7H7N3O2S/c1-2-4-5(6(11)12)10-7(9-4)13-3-8-10/h3H,2H2,1H3,(H,11,12). The van der Waals surface area contributed by atoms with Gasteiger partial charge in [0.15, 0.2) is 5.69 Å². The maximum Gasteiger partial charge on any atom is 0.356 e. The number of rotatable bonds is 2. The first-order valence-electron chi connectivity index (χ1n) is 3.78. The molecule has 2 aromatic heterocycles. The van der Waals surface area contributed by atoms with Crippen LogP contribution in [0, 0.1) is 0 Å². The summed E-state index contributed by atoms with van der Waals surface area (Å²) in [5.74, 6) is -0.977. The van der Waals surface area contributed by atoms with Crippen molar-refractivity contribution in [3.8, 4) is 0 Å². The van der Waals surface area contributed by atoms with Crippen LogP contribution in [-0.2, 0) is 6.42 Å². The Kier molecular flexibility index (Phi) is 1.77. The summed E-state index contributed by atoms with van der Waals surface area (Å²) in [6.07, 6.45) is 0.609. The van der Waals surface area contributed by atoms with Crippen molar-refractivity contribution in [1.29, 1.82) is 0 Å². The number of hydrogen-bond donors (Lipinski definition) is 1. The highest BCUT2D eigenvalue weighted by Gasteiger charge is 2.18. The van der Waals surface area contributed by atoms with Crippen molar-refractivity contribution < 1.29 is 9.90 Å². The lowest BCUT2D eigenvalue weighted by atomic mass is 10.3. The normalized spacial score (nSPS) is 10.8. The number of imidazole rings is 1. The van der Waals surface area contributed by atoms with Gasteiger partial charge in [-0.3, -0.25) is 0 Å². The number of nitrogens with zero attached hydrogens (tertiary/aromatic N) is 3. The highest BCUT2D eigenvalue weighted by Crippen LogP contribution is 2.15. The van der Waals surface area contributed by atoms with Crippen molar-refractivity contribution in [2.45, 2.75) is 13.3 Å². The van der Waals surface area contributed by atoms with E-state index in [1.165, 1.54) is 15.9 Å². The van der Waals surface area contributed by atoms with Gasteiger partial charge < -0.3 is 5.11 Å². The van der Waals surface area contributed by atoms with E-state index >= 15 is 0 Å². The Labute approximate surface area is 77.6 Å². The SMILES string of the molecule is CCc1nc2scnn2c1C(=O)O. The molecule has 0 aliphatic heterocycles. The van der Waals surface area contributed by atoms with Crippen LogP contribution in [-0.4, -0.2) is 25.7 Å². The number of carbonyl (C=O) groups is 1. The largest absolute Gasteiger partial charge is 0.476 e. The molecule has 0 bridgehead atoms. The topological polar surface area (TPSA) is 67.5 Å². The van der Waals surface area contributed by atoms with E-state index in [1.807, 2.05) is 6.92 Å². The van der Waals surface area contributed by atoms with Gasteiger partial charge in [-0.25, -0.2) is 9.78 Å². The van der Waals surface area contributed by atoms with Gasteiger partial charge in [-0.05, 0) is 6.42 Å². The molecule has 0 aliphatic rings. The summed E-state index contributed by atoms with van der Waals surface area (Å²) in [5, 5.41) is 12.8. The van der Waals surface area contributed by atoms with Crippen molar-refractivity contribution in [2.75, 3.05) is 0 Å². The zero-order valence-corrected chi connectivity index (χ0v) is 7.71. The molecule has 13 heavy (non-hydrogen) atoms. The van der Waals surface area contributed by atoms with Crippen LogP contribution < -0.4 is 0 Å². The van der Waals surface area contributed by atoms with Gasteiger partial charge in [-0.1, -0.05) is 18.3 Å². The molecule has 0 saturated carbocycles. The maximum atomic E-state index is 10.9. The molecule has 2 heterocycles. The lowest BCUT2D eigenvalue weighted by molar-refractivity contribution is 0.0686. The molecule has 0 radical (unpaired) electrons. The molecule has 0 aliphatic carbocycles. The molecule has 1 N–H and O–H groups in total. The Hall–Kier alpha value is -1.43. The molecule has 0 amide bonds. The van der Waals surface area contributed by atoms with E-state index in [-0.39, 0.29) is 5.69 Å². The van der Waals surface area contributed by atoms with E-state index in [1.54, 1.807) is 5.51 Å². The summed E-state index contributed by atoms with van der Waals surface area (Å²) in [4.78, 5) is 15.6. The van der Waals surface area contributed by atoms with Gasteiger partial charge >= 0.3 is 5.97 Å². The number of aryl methyl sites for hydroxylation is 1. The summed E-state index contributed by atoms with van der Waals surface area (Å²) in [6.45, 7) is 1.87. The van der Waals surface area contributed by atoms with Crippen LogP contribution in [0.4, 0.5) is 0 Å². The molecule has 5 nitrogen and oxygen atoms in total. The van der Waals surface area contributed by atoms with E-state index in [4.69, 9.17) is 5.11 Å². The Morgan fingerprint density at radius 2 is 2.54 bits per heavy atom. The molecule has 2 rings (SSSR count). The molecule has 0 unspecified atom stereocenters. The van der Waals surface area contributed by atoms with E-state index < -0.39 is 5.97 Å². The molecular formula is C7H7N3O2S. The predicted octanol–water partition coefficient (Wildman–Crippen LogP) is 1.05. The second kappa shape index (κ2) is 2.81. The van der Waals surface area contributed by atoms with Crippen LogP contribution >= 0.6 is 11.3 Å². The monoisotopic (exact) mass is 197 g/mol. The zero-order valence-electron chi connectivity index (χ0n) is 6.89. The minimum Gasteiger partial charge on any atom is -0.476 e. The molecule has 68 valence electrons. The second-order valence-electron chi connectivity index (χ2n) is 2.50. The fraction of sp³-hybridized carbons (Fsp3) is 0.286. The Balaban J connectivity index is 2.77. The fourth-order valence-corrected chi connectivity index (χ4v) is 1.83. The summed E-state index contributed by atoms with van der Waals surface area (Å²) >= 11 is 1.33. The number of aromatic nitrogens is 3. The molecule has 2 aromatic rings. The number of carboxylic acids is 1. The van der Waals surface area contributed by atoms with Crippen LogP contribution in [0.5, 0.6) is 0 Å². The third-order valence-corrected chi connectivity index (χ3v) is 2.43. The predicted molar refractivity (Wildman–Crippen MR) is 47.2 cm³/mol. The summed E-state index contributed by atoms with van der Waals surface area (Å²) in [7, 11) is 0. The fourth-order valence-electron chi connectivity index (χ4n) is 1.20. The molecule has 0 saturated heterocycles. The lowest BCUT2D eigenvalue weighted by Gasteiger charge is -1.92. The van der Waals surface area contributed by atoms with Gasteiger partial charge in [0.25, 0.3) is 0 Å². The van der Waals surface area contributed by atoms with Crippen LogP contribution in [0.2, 0.25) is 0 Å². The van der Waals surface area contributed by atoms with E-state index in [2.05, 4.69) is 10.1 Å². The molecular weight excluding hydrogens is 190 g/mol. The average molecular weight is 197 g/mol. The van der Waals surface area contributed by atoms with Crippen LogP contribution in [0.25, 0.3) is 4.96 Å². The minimum atomic E-state index is -0.977. The van der Waals surface area contributed by atoms with Gasteiger partial charge in [-0.2, -0.15) is 9.61 Å². The first-order valence-corrected chi connectivity index (χ1v) is 4.66. The van der Waals surface area contributed by atoms with Crippen molar-refractivity contribution in [3.05, 3.63) is 16.9 Å². The number of hydrogen-bond acceptors (Lipinski definition) is 4. The quantitative estimate of drug-likeness (QED) is 0.781. The Morgan fingerprint density at radius 1 is 1.77 bits per heavy atom. The second-order valence-corrected chi connectivity index (χ2v) is 3.31. The van der Waals surface area contributed by atoms with Crippen LogP contribution in [0.3, 0.4) is 0 Å². The van der Waals surface area contributed by atoms with Gasteiger partial charge in [0.2, 0.25) is 4.96 Å². The van der Waals surface area contributed by atoms with Gasteiger partial charge in [0.1, 0.15) is 5.51 Å². The lowest BCUT2D eigenvalue weighted by Crippen LogP contribution is -2.05. The number of fused-ring (bicyclic) bond motifs is 1. The van der Waals surface area contributed by atoms with Gasteiger partial charge in [-0.15, -0.1) is 0 Å². The van der Waals surface area contributed by atoms with E-state index in [9.17, 15) is 4.79 Å². The van der Waals surface area contributed by atoms with Crippen molar-refractivity contribution in [3.63, 3.8) is 0 Å². The Morgan fingerprint density at radius 3 is 3.15 bits per heavy atom. The molecule has 0 fully saturated rings. The van der Waals surface area contributed by atoms with Crippen LogP contribution in [0.1, 0.15) is 23.1 Å². The van der Waals surface area contributed by atoms with Gasteiger partial charge in [0.05, 0.1) is 5.69 Å². The third-order valence-electron chi connectivity index (χ3n) is 1.76. The number of carboxylic acid groups (broad SMARTS) is 1. The average Bonchev–Trinajstić information content (AvgIpc) is 2.59. The van der Waals surface area contributed by atoms with Crippen molar-refractivity contribution in [2.24, 2.45) is 0 Å². The first-order chi connectivity index (χ1) is 6.24. The highest BCUT2D eigenvalue weighted by molar-refractivity contribution is 7.14. The summed E-state index contributed by atoms with van der Waals surface area (Å²) < 4.78 is 1.37. The summed E-state index contributed by atoms with van der Waals surface area (Å²) in [5.41, 5.74) is 2.35. The zero-order chi connectivity index (χ0) is 9.42. The van der Waals surface area contributed by atoms with Crippen molar-refractivity contribution in [1.82, 2.24) is 14.6 Å². The highest BCUT2D eigenvalue weighted by atomic mass is 32.1. The first kappa shape index (κ1) is 8.18. The van der Waals surface area contributed by atoms with Gasteiger partial charge in [0, 0.05) is 0 Å². The Bertz CT molecular complexity index is 459. The molecule has 0 aromatic carbocycles. The summed E-state index contributed by atoms with van der Waals surface area (Å²) in [6, 6.07) is 0. The van der Waals surface area contributed by atoms with Crippen LogP contribution in [0.15, 0.2) is 5.51 Å². The van der Waals surface area contributed by atoms with E-state index in [0.717, 1.165) is 0 Å². The molecule has 6 heteroatoms.